The average molecular weight is 463 g/mol. The highest BCUT2D eigenvalue weighted by atomic mass is 32.1. The van der Waals surface area contributed by atoms with Crippen LogP contribution in [-0.4, -0.2) is 52.7 Å². The monoisotopic (exact) mass is 462 g/mol. The Balaban J connectivity index is 1.41. The third-order valence-electron chi connectivity index (χ3n) is 6.06. The number of aromatic nitrogens is 3. The molecule has 0 unspecified atom stereocenters. The van der Waals surface area contributed by atoms with Crippen LogP contribution in [0.4, 0.5) is 16.2 Å². The second kappa shape index (κ2) is 8.47. The van der Waals surface area contributed by atoms with Gasteiger partial charge in [-0.1, -0.05) is 11.2 Å². The summed E-state index contributed by atoms with van der Waals surface area (Å²) in [5, 5.41) is 6.85. The number of benzene rings is 1. The van der Waals surface area contributed by atoms with Crippen LogP contribution in [-0.2, 0) is 4.75 Å². The summed E-state index contributed by atoms with van der Waals surface area (Å²) in [6.07, 6.45) is 6.88. The first-order chi connectivity index (χ1) is 15.9. The third-order valence-corrected chi connectivity index (χ3v) is 6.63. The molecule has 1 atom stereocenters. The fourth-order valence-corrected chi connectivity index (χ4v) is 4.82. The molecule has 0 spiro atoms. The number of imidazole rings is 1. The molecule has 0 radical (unpaired) electrons. The summed E-state index contributed by atoms with van der Waals surface area (Å²) < 4.78 is 6.50. The van der Waals surface area contributed by atoms with Gasteiger partial charge in [0, 0.05) is 44.8 Å². The van der Waals surface area contributed by atoms with Gasteiger partial charge in [0.15, 0.2) is 0 Å². The molecule has 170 valence electrons. The van der Waals surface area contributed by atoms with Gasteiger partial charge in [0.2, 0.25) is 0 Å². The van der Waals surface area contributed by atoms with E-state index in [-0.39, 0.29) is 6.03 Å². The number of pyridine rings is 1. The number of amides is 2. The highest BCUT2D eigenvalue weighted by Gasteiger charge is 2.39. The van der Waals surface area contributed by atoms with Crippen LogP contribution in [0.3, 0.4) is 0 Å². The molecule has 5 rings (SSSR count). The summed E-state index contributed by atoms with van der Waals surface area (Å²) in [4.78, 5) is 21.9. The fraction of sp³-hybridized carbons (Fsp3) is 0.292. The highest BCUT2D eigenvalue weighted by molar-refractivity contribution is 7.81. The minimum absolute atomic E-state index is 0.133. The first-order valence-electron chi connectivity index (χ1n) is 10.9. The first kappa shape index (κ1) is 21.4. The lowest BCUT2D eigenvalue weighted by Crippen LogP contribution is -2.48. The number of rotatable bonds is 4. The number of piperidine rings is 1. The van der Waals surface area contributed by atoms with Crippen molar-refractivity contribution in [1.82, 2.24) is 19.4 Å². The summed E-state index contributed by atoms with van der Waals surface area (Å²) in [5.74, 6) is 0.811. The third kappa shape index (κ3) is 4.04. The Morgan fingerprint density at radius 3 is 2.76 bits per heavy atom. The zero-order chi connectivity index (χ0) is 23.0. The number of carbonyl (C=O) groups excluding carboxylic acids is 1. The van der Waals surface area contributed by atoms with Crippen LogP contribution in [0.1, 0.15) is 18.7 Å². The molecule has 33 heavy (non-hydrogen) atoms. The van der Waals surface area contributed by atoms with Crippen molar-refractivity contribution >= 4 is 35.6 Å². The van der Waals surface area contributed by atoms with Gasteiger partial charge >= 0.3 is 6.03 Å². The molecule has 1 aromatic carbocycles. The van der Waals surface area contributed by atoms with E-state index in [9.17, 15) is 4.79 Å². The van der Waals surface area contributed by atoms with Gasteiger partial charge in [-0.15, -0.1) is 0 Å². The second-order valence-corrected chi connectivity index (χ2v) is 9.44. The summed E-state index contributed by atoms with van der Waals surface area (Å²) in [6, 6.07) is 13.6. The maximum Gasteiger partial charge on any atom is 0.321 e. The molecular weight excluding hydrogens is 436 g/mol. The number of nitrogens with one attached hydrogen (secondary N) is 1. The zero-order valence-corrected chi connectivity index (χ0v) is 19.5. The molecule has 2 amide bonds. The standard InChI is InChI=1S/C24H26N6O2S/c1-28(2)19-9-7-18(8-10-19)26-23(31)29-12-5-11-24(33,16-29)22-27-21(17-14-25-32-15-17)20-6-3-4-13-30(20)22/h3-4,6-10,13-15,33H,5,11-12,16H2,1-2H3,(H,26,31)/t24-/m1/s1. The molecule has 4 heterocycles. The van der Waals surface area contributed by atoms with E-state index in [2.05, 4.69) is 14.9 Å². The van der Waals surface area contributed by atoms with Gasteiger partial charge in [-0.3, -0.25) is 0 Å². The maximum atomic E-state index is 13.1. The number of hydrogen-bond donors (Lipinski definition) is 2. The van der Waals surface area contributed by atoms with Crippen molar-refractivity contribution in [2.45, 2.75) is 17.6 Å². The minimum atomic E-state index is -0.593. The molecule has 1 N–H and O–H groups in total. The lowest BCUT2D eigenvalue weighted by molar-refractivity contribution is 0.185. The van der Waals surface area contributed by atoms with Crippen LogP contribution in [0.5, 0.6) is 0 Å². The molecule has 4 aromatic rings. The van der Waals surface area contributed by atoms with Gasteiger partial charge in [0.1, 0.15) is 17.8 Å². The van der Waals surface area contributed by atoms with Crippen molar-refractivity contribution in [3.8, 4) is 11.3 Å². The number of urea groups is 1. The van der Waals surface area contributed by atoms with Crippen LogP contribution < -0.4 is 10.2 Å². The largest absolute Gasteiger partial charge is 0.378 e. The number of thiol groups is 1. The van der Waals surface area contributed by atoms with Crippen molar-refractivity contribution in [3.05, 3.63) is 66.9 Å². The molecule has 1 saturated heterocycles. The van der Waals surface area contributed by atoms with Crippen molar-refractivity contribution < 1.29 is 9.32 Å². The fourth-order valence-electron chi connectivity index (χ4n) is 4.34. The van der Waals surface area contributed by atoms with Crippen LogP contribution in [0.15, 0.2) is 65.6 Å². The molecule has 1 fully saturated rings. The van der Waals surface area contributed by atoms with Crippen LogP contribution in [0.25, 0.3) is 16.8 Å². The molecule has 8 nitrogen and oxygen atoms in total. The Labute approximate surface area is 197 Å². The molecule has 0 aliphatic carbocycles. The lowest BCUT2D eigenvalue weighted by atomic mass is 9.96. The molecule has 3 aromatic heterocycles. The van der Waals surface area contributed by atoms with Crippen LogP contribution in [0, 0.1) is 0 Å². The first-order valence-corrected chi connectivity index (χ1v) is 11.3. The van der Waals surface area contributed by atoms with E-state index in [0.717, 1.165) is 46.8 Å². The molecule has 9 heteroatoms. The molecular formula is C24H26N6O2S. The maximum absolute atomic E-state index is 13.1. The number of carbonyl (C=O) groups is 1. The van der Waals surface area contributed by atoms with Gasteiger partial charge in [0.25, 0.3) is 0 Å². The highest BCUT2D eigenvalue weighted by Crippen LogP contribution is 2.39. The summed E-state index contributed by atoms with van der Waals surface area (Å²) in [6.45, 7) is 1.13. The number of fused-ring (bicyclic) bond motifs is 1. The van der Waals surface area contributed by atoms with Gasteiger partial charge in [-0.2, -0.15) is 12.6 Å². The van der Waals surface area contributed by atoms with E-state index in [1.54, 1.807) is 12.5 Å². The van der Waals surface area contributed by atoms with Gasteiger partial charge in [0.05, 0.1) is 22.0 Å². The Hall–Kier alpha value is -3.46. The van der Waals surface area contributed by atoms with Crippen molar-refractivity contribution in [1.29, 1.82) is 0 Å². The Bertz CT molecular complexity index is 1270. The Morgan fingerprint density at radius 1 is 1.21 bits per heavy atom. The minimum Gasteiger partial charge on any atom is -0.378 e. The summed E-state index contributed by atoms with van der Waals surface area (Å²) in [7, 11) is 3.98. The smallest absolute Gasteiger partial charge is 0.321 e. The van der Waals surface area contributed by atoms with E-state index in [0.29, 0.717) is 13.1 Å². The predicted molar refractivity (Wildman–Crippen MR) is 132 cm³/mol. The van der Waals surface area contributed by atoms with E-state index in [1.165, 1.54) is 0 Å². The quantitative estimate of drug-likeness (QED) is 0.437. The SMILES string of the molecule is CN(C)c1ccc(NC(=O)N2CCC[C@](S)(c3nc(-c4cnoc4)c4ccccn34)C2)cc1. The Kier molecular flexibility index (Phi) is 5.49. The summed E-state index contributed by atoms with van der Waals surface area (Å²) >= 11 is 5.09. The zero-order valence-electron chi connectivity index (χ0n) is 18.6. The van der Waals surface area contributed by atoms with Gasteiger partial charge < -0.3 is 24.0 Å². The number of likely N-dealkylation sites (tertiary alicyclic amines) is 1. The average Bonchev–Trinajstić information content (AvgIpc) is 3.48. The number of anilines is 2. The van der Waals surface area contributed by atoms with E-state index >= 15 is 0 Å². The Morgan fingerprint density at radius 2 is 2.03 bits per heavy atom. The summed E-state index contributed by atoms with van der Waals surface area (Å²) in [5.41, 5.74) is 4.40. The molecule has 0 bridgehead atoms. The van der Waals surface area contributed by atoms with E-state index in [4.69, 9.17) is 22.1 Å². The predicted octanol–water partition coefficient (Wildman–Crippen LogP) is 4.51. The van der Waals surface area contributed by atoms with E-state index < -0.39 is 4.75 Å². The number of hydrogen-bond acceptors (Lipinski definition) is 6. The normalized spacial score (nSPS) is 18.5. The van der Waals surface area contributed by atoms with Crippen LogP contribution in [0.2, 0.25) is 0 Å². The van der Waals surface area contributed by atoms with Crippen molar-refractivity contribution in [3.63, 3.8) is 0 Å². The number of nitrogens with zero attached hydrogens (tertiary/aromatic N) is 5. The molecule has 1 aliphatic heterocycles. The van der Waals surface area contributed by atoms with Gasteiger partial charge in [-0.25, -0.2) is 9.78 Å². The van der Waals surface area contributed by atoms with Crippen molar-refractivity contribution in [2.75, 3.05) is 37.4 Å². The van der Waals surface area contributed by atoms with Crippen LogP contribution >= 0.6 is 12.6 Å². The van der Waals surface area contributed by atoms with E-state index in [1.807, 2.05) is 72.6 Å². The molecule has 1 aliphatic rings. The van der Waals surface area contributed by atoms with Gasteiger partial charge in [-0.05, 0) is 49.2 Å². The second-order valence-electron chi connectivity index (χ2n) is 8.58. The molecule has 0 saturated carbocycles. The topological polar surface area (TPSA) is 78.9 Å². The lowest BCUT2D eigenvalue weighted by Gasteiger charge is -2.38. The van der Waals surface area contributed by atoms with Crippen molar-refractivity contribution in [2.24, 2.45) is 0 Å².